The van der Waals surface area contributed by atoms with E-state index in [-0.39, 0.29) is 16.5 Å². The third-order valence-electron chi connectivity index (χ3n) is 6.79. The molecule has 1 N–H and O–H groups in total. The lowest BCUT2D eigenvalue weighted by Gasteiger charge is -2.22. The Hall–Kier alpha value is -4.80. The SMILES string of the molecule is C=CCOc1ccc(C2C(=C(O)c3ccncc3)C(=O)C(=O)N2c2nnc(SCc3cccc4ccccc34)s2)cc1. The lowest BCUT2D eigenvalue weighted by Crippen LogP contribution is -2.29. The van der Waals surface area contributed by atoms with E-state index in [4.69, 9.17) is 4.74 Å². The number of nitrogens with zero attached hydrogens (tertiary/aromatic N) is 4. The van der Waals surface area contributed by atoms with Crippen LogP contribution in [0.25, 0.3) is 16.5 Å². The van der Waals surface area contributed by atoms with Crippen LogP contribution in [0.3, 0.4) is 0 Å². The zero-order valence-corrected chi connectivity index (χ0v) is 23.8. The monoisotopic (exact) mass is 592 g/mol. The van der Waals surface area contributed by atoms with Crippen molar-refractivity contribution in [1.29, 1.82) is 0 Å². The Balaban J connectivity index is 1.35. The van der Waals surface area contributed by atoms with Crippen molar-refractivity contribution in [2.75, 3.05) is 11.5 Å². The molecule has 42 heavy (non-hydrogen) atoms. The quantitative estimate of drug-likeness (QED) is 0.0512. The lowest BCUT2D eigenvalue weighted by molar-refractivity contribution is -0.132. The van der Waals surface area contributed by atoms with Gasteiger partial charge in [-0.05, 0) is 46.2 Å². The summed E-state index contributed by atoms with van der Waals surface area (Å²) in [5.74, 6) is -0.615. The number of fused-ring (bicyclic) bond motifs is 1. The number of hydrogen-bond acceptors (Lipinski definition) is 9. The van der Waals surface area contributed by atoms with Gasteiger partial charge in [0.15, 0.2) is 4.34 Å². The number of thioether (sulfide) groups is 1. The van der Waals surface area contributed by atoms with Crippen LogP contribution >= 0.6 is 23.1 Å². The minimum absolute atomic E-state index is 0.0360. The summed E-state index contributed by atoms with van der Waals surface area (Å²) >= 11 is 2.74. The summed E-state index contributed by atoms with van der Waals surface area (Å²) in [5.41, 5.74) is 2.11. The van der Waals surface area contributed by atoms with E-state index < -0.39 is 17.7 Å². The molecule has 0 aliphatic carbocycles. The zero-order chi connectivity index (χ0) is 29.1. The number of amides is 1. The number of rotatable bonds is 9. The van der Waals surface area contributed by atoms with Gasteiger partial charge < -0.3 is 9.84 Å². The van der Waals surface area contributed by atoms with E-state index in [0.29, 0.717) is 33.6 Å². The number of carbonyl (C=O) groups is 2. The number of Topliss-reactive ketones (excluding diaryl/α,β-unsaturated/α-hetero) is 1. The second kappa shape index (κ2) is 12.0. The maximum atomic E-state index is 13.5. The first kappa shape index (κ1) is 27.4. The fourth-order valence-electron chi connectivity index (χ4n) is 4.83. The Morgan fingerprint density at radius 2 is 1.76 bits per heavy atom. The maximum absolute atomic E-state index is 13.5. The van der Waals surface area contributed by atoms with Crippen molar-refractivity contribution in [1.82, 2.24) is 15.2 Å². The summed E-state index contributed by atoms with van der Waals surface area (Å²) in [7, 11) is 0. The van der Waals surface area contributed by atoms with Gasteiger partial charge in [0.05, 0.1) is 11.6 Å². The molecule has 0 saturated carbocycles. The van der Waals surface area contributed by atoms with Crippen molar-refractivity contribution in [2.45, 2.75) is 16.1 Å². The molecule has 0 spiro atoms. The average molecular weight is 593 g/mol. The molecular formula is C32H24N4O4S2. The van der Waals surface area contributed by atoms with E-state index in [0.717, 1.165) is 10.9 Å². The van der Waals surface area contributed by atoms with E-state index in [2.05, 4.69) is 46.0 Å². The summed E-state index contributed by atoms with van der Waals surface area (Å²) in [6, 6.07) is 23.6. The van der Waals surface area contributed by atoms with Crippen LogP contribution in [0.15, 0.2) is 114 Å². The van der Waals surface area contributed by atoms with Crippen LogP contribution in [-0.2, 0) is 15.3 Å². The van der Waals surface area contributed by atoms with Gasteiger partial charge in [-0.25, -0.2) is 0 Å². The molecule has 1 aliphatic rings. The second-order valence-corrected chi connectivity index (χ2v) is 11.5. The highest BCUT2D eigenvalue weighted by Crippen LogP contribution is 2.44. The Bertz CT molecular complexity index is 1810. The largest absolute Gasteiger partial charge is 0.507 e. The van der Waals surface area contributed by atoms with Crippen molar-refractivity contribution < 1.29 is 19.4 Å². The fourth-order valence-corrected chi connectivity index (χ4v) is 6.70. The number of aromatic nitrogens is 3. The number of hydrogen-bond donors (Lipinski definition) is 1. The molecule has 0 bridgehead atoms. The predicted octanol–water partition coefficient (Wildman–Crippen LogP) is 6.57. The highest BCUT2D eigenvalue weighted by atomic mass is 32.2. The Labute approximate surface area is 250 Å². The van der Waals surface area contributed by atoms with Gasteiger partial charge in [0.1, 0.15) is 18.1 Å². The fraction of sp³-hybridized carbons (Fsp3) is 0.0938. The molecule has 1 unspecified atom stereocenters. The van der Waals surface area contributed by atoms with Crippen molar-refractivity contribution >= 4 is 56.5 Å². The number of ether oxygens (including phenoxy) is 1. The summed E-state index contributed by atoms with van der Waals surface area (Å²) < 4.78 is 6.26. The van der Waals surface area contributed by atoms with E-state index >= 15 is 0 Å². The van der Waals surface area contributed by atoms with Gasteiger partial charge in [0, 0.05) is 23.7 Å². The number of aliphatic hydroxyl groups excluding tert-OH is 1. The molecule has 1 aliphatic heterocycles. The Morgan fingerprint density at radius 3 is 2.55 bits per heavy atom. The number of benzene rings is 3. The van der Waals surface area contributed by atoms with E-state index in [1.54, 1.807) is 42.5 Å². The molecule has 1 fully saturated rings. The smallest absolute Gasteiger partial charge is 0.301 e. The first-order valence-corrected chi connectivity index (χ1v) is 14.8. The Morgan fingerprint density at radius 1 is 1.00 bits per heavy atom. The molecule has 6 rings (SSSR count). The molecule has 1 amide bonds. The normalized spacial score (nSPS) is 16.2. The summed E-state index contributed by atoms with van der Waals surface area (Å²) in [5, 5.41) is 22.5. The van der Waals surface area contributed by atoms with Gasteiger partial charge in [-0.2, -0.15) is 0 Å². The molecule has 0 radical (unpaired) electrons. The first-order chi connectivity index (χ1) is 20.5. The average Bonchev–Trinajstić information content (AvgIpc) is 3.61. The van der Waals surface area contributed by atoms with Crippen molar-refractivity contribution in [3.8, 4) is 5.75 Å². The third-order valence-corrected chi connectivity index (χ3v) is 8.90. The number of ketones is 1. The predicted molar refractivity (Wildman–Crippen MR) is 165 cm³/mol. The van der Waals surface area contributed by atoms with Crippen LogP contribution in [0.1, 0.15) is 22.7 Å². The molecule has 1 atom stereocenters. The summed E-state index contributed by atoms with van der Waals surface area (Å²) in [6.45, 7) is 4.00. The molecule has 10 heteroatoms. The lowest BCUT2D eigenvalue weighted by atomic mass is 9.95. The molecule has 8 nitrogen and oxygen atoms in total. The number of carbonyl (C=O) groups excluding carboxylic acids is 2. The molecule has 2 aromatic heterocycles. The first-order valence-electron chi connectivity index (χ1n) is 13.0. The van der Waals surface area contributed by atoms with Gasteiger partial charge in [-0.15, -0.1) is 10.2 Å². The van der Waals surface area contributed by atoms with E-state index in [1.807, 2.05) is 18.2 Å². The van der Waals surface area contributed by atoms with Crippen LogP contribution in [-0.4, -0.2) is 38.6 Å². The molecule has 3 aromatic carbocycles. The standard InChI is InChI=1S/C32H24N4O4S2/c1-2-18-40-24-12-10-21(11-13-24)27-26(28(37)22-14-16-33-17-15-22)29(38)30(39)36(27)31-34-35-32(42-31)41-19-23-8-5-7-20-6-3-4-9-25(20)23/h2-17,27,37H,1,18-19H2. The maximum Gasteiger partial charge on any atom is 0.301 e. The van der Waals surface area contributed by atoms with Crippen LogP contribution in [0.5, 0.6) is 5.75 Å². The minimum atomic E-state index is -0.921. The van der Waals surface area contributed by atoms with Gasteiger partial charge in [0.25, 0.3) is 5.78 Å². The second-order valence-electron chi connectivity index (χ2n) is 9.35. The molecule has 1 saturated heterocycles. The van der Waals surface area contributed by atoms with Crippen LogP contribution < -0.4 is 9.64 Å². The van der Waals surface area contributed by atoms with Gasteiger partial charge in [-0.1, -0.05) is 90.4 Å². The highest BCUT2D eigenvalue weighted by molar-refractivity contribution is 8.00. The van der Waals surface area contributed by atoms with Crippen LogP contribution in [0.2, 0.25) is 0 Å². The van der Waals surface area contributed by atoms with E-state index in [9.17, 15) is 14.7 Å². The number of anilines is 1. The minimum Gasteiger partial charge on any atom is -0.507 e. The van der Waals surface area contributed by atoms with Crippen molar-refractivity contribution in [3.63, 3.8) is 0 Å². The van der Waals surface area contributed by atoms with Gasteiger partial charge in [-0.3, -0.25) is 19.5 Å². The molecule has 3 heterocycles. The van der Waals surface area contributed by atoms with Crippen molar-refractivity contribution in [2.24, 2.45) is 0 Å². The molecule has 208 valence electrons. The third kappa shape index (κ3) is 5.29. The van der Waals surface area contributed by atoms with E-state index in [1.165, 1.54) is 45.8 Å². The Kier molecular flexibility index (Phi) is 7.81. The molecule has 5 aromatic rings. The number of pyridine rings is 1. The van der Waals surface area contributed by atoms with Crippen molar-refractivity contribution in [3.05, 3.63) is 126 Å². The number of aliphatic hydroxyl groups is 1. The topological polar surface area (TPSA) is 106 Å². The summed E-state index contributed by atoms with van der Waals surface area (Å²) in [6.07, 6.45) is 4.66. The highest BCUT2D eigenvalue weighted by Gasteiger charge is 2.48. The summed E-state index contributed by atoms with van der Waals surface area (Å²) in [4.78, 5) is 32.2. The van der Waals surface area contributed by atoms with Gasteiger partial charge >= 0.3 is 5.91 Å². The van der Waals surface area contributed by atoms with Gasteiger partial charge in [0.2, 0.25) is 5.13 Å². The molecular weight excluding hydrogens is 569 g/mol. The van der Waals surface area contributed by atoms with Crippen LogP contribution in [0.4, 0.5) is 5.13 Å². The van der Waals surface area contributed by atoms with Crippen LogP contribution in [0, 0.1) is 0 Å². The zero-order valence-electron chi connectivity index (χ0n) is 22.2.